The Morgan fingerprint density at radius 3 is 2.09 bits per heavy atom. The Balaban J connectivity index is 2.32. The molecule has 0 amide bonds. The fourth-order valence-corrected chi connectivity index (χ4v) is 2.30. The molecule has 0 bridgehead atoms. The number of rotatable bonds is 4. The van der Waals surface area contributed by atoms with Gasteiger partial charge in [0.2, 0.25) is 0 Å². The second kappa shape index (κ2) is 8.48. The van der Waals surface area contributed by atoms with E-state index in [2.05, 4.69) is 23.7 Å². The molecule has 0 unspecified atom stereocenters. The van der Waals surface area contributed by atoms with Gasteiger partial charge in [0, 0.05) is 24.0 Å². The SMILES string of the molecule is C#CCCc1ccccc1C#Cc1ccc(F)cc1CCC#C. The number of hydrogen-bond donors (Lipinski definition) is 0. The molecule has 23 heavy (non-hydrogen) atoms. The van der Waals surface area contributed by atoms with Crippen molar-refractivity contribution in [2.75, 3.05) is 0 Å². The summed E-state index contributed by atoms with van der Waals surface area (Å²) in [5.41, 5.74) is 3.74. The molecule has 0 aliphatic heterocycles. The van der Waals surface area contributed by atoms with Crippen molar-refractivity contribution in [3.05, 3.63) is 70.5 Å². The monoisotopic (exact) mass is 300 g/mol. The Kier molecular flexibility index (Phi) is 6.06. The quantitative estimate of drug-likeness (QED) is 0.736. The molecule has 0 N–H and O–H groups in total. The molecule has 2 aromatic carbocycles. The van der Waals surface area contributed by atoms with Crippen LogP contribution in [0, 0.1) is 42.3 Å². The van der Waals surface area contributed by atoms with Gasteiger partial charge in [0.25, 0.3) is 0 Å². The van der Waals surface area contributed by atoms with Gasteiger partial charge in [-0.2, -0.15) is 0 Å². The molecule has 0 aliphatic rings. The average molecular weight is 300 g/mol. The number of hydrogen-bond acceptors (Lipinski definition) is 0. The van der Waals surface area contributed by atoms with Crippen molar-refractivity contribution in [3.8, 4) is 36.5 Å². The minimum atomic E-state index is -0.267. The lowest BCUT2D eigenvalue weighted by Crippen LogP contribution is -1.93. The van der Waals surface area contributed by atoms with E-state index in [4.69, 9.17) is 12.8 Å². The van der Waals surface area contributed by atoms with Gasteiger partial charge in [-0.1, -0.05) is 30.0 Å². The van der Waals surface area contributed by atoms with E-state index in [0.717, 1.165) is 28.7 Å². The Morgan fingerprint density at radius 1 is 0.783 bits per heavy atom. The summed E-state index contributed by atoms with van der Waals surface area (Å²) in [6.07, 6.45) is 13.3. The van der Waals surface area contributed by atoms with Crippen molar-refractivity contribution in [2.45, 2.75) is 25.7 Å². The molecule has 1 heteroatoms. The zero-order valence-corrected chi connectivity index (χ0v) is 12.9. The molecule has 0 saturated heterocycles. The third-order valence-electron chi connectivity index (χ3n) is 3.49. The van der Waals surface area contributed by atoms with Crippen LogP contribution in [0.1, 0.15) is 35.1 Å². The van der Waals surface area contributed by atoms with Crippen LogP contribution in [0.25, 0.3) is 0 Å². The van der Waals surface area contributed by atoms with E-state index in [0.29, 0.717) is 19.3 Å². The normalized spacial score (nSPS) is 9.35. The molecular formula is C22H17F. The average Bonchev–Trinajstić information content (AvgIpc) is 2.58. The van der Waals surface area contributed by atoms with Gasteiger partial charge in [0.1, 0.15) is 5.82 Å². The Hall–Kier alpha value is -2.95. The third kappa shape index (κ3) is 4.78. The van der Waals surface area contributed by atoms with E-state index in [1.807, 2.05) is 24.3 Å². The lowest BCUT2D eigenvalue weighted by atomic mass is 10.0. The predicted octanol–water partition coefficient (Wildman–Crippen LogP) is 4.36. The molecule has 0 aliphatic carbocycles. The van der Waals surface area contributed by atoms with Crippen molar-refractivity contribution >= 4 is 0 Å². The second-order valence-corrected chi connectivity index (χ2v) is 5.12. The third-order valence-corrected chi connectivity index (χ3v) is 3.49. The molecule has 0 atom stereocenters. The molecule has 0 heterocycles. The predicted molar refractivity (Wildman–Crippen MR) is 93.1 cm³/mol. The first-order valence-corrected chi connectivity index (χ1v) is 7.50. The van der Waals surface area contributed by atoms with Crippen molar-refractivity contribution < 1.29 is 4.39 Å². The molecule has 112 valence electrons. The summed E-state index contributed by atoms with van der Waals surface area (Å²) in [4.78, 5) is 0. The first kappa shape index (κ1) is 16.4. The maximum absolute atomic E-state index is 13.4. The Labute approximate surface area is 137 Å². The first-order chi connectivity index (χ1) is 11.2. The summed E-state index contributed by atoms with van der Waals surface area (Å²) >= 11 is 0. The highest BCUT2D eigenvalue weighted by atomic mass is 19.1. The lowest BCUT2D eigenvalue weighted by molar-refractivity contribution is 0.625. The van der Waals surface area contributed by atoms with Crippen molar-refractivity contribution in [3.63, 3.8) is 0 Å². The number of halogens is 1. The molecule has 0 aromatic heterocycles. The topological polar surface area (TPSA) is 0 Å². The van der Waals surface area contributed by atoms with Crippen LogP contribution in [0.15, 0.2) is 42.5 Å². The Morgan fingerprint density at radius 2 is 1.39 bits per heavy atom. The standard InChI is InChI=1S/C22H17F/c1-3-5-9-18-11-7-8-12-19(18)13-14-20-15-16-22(23)17-21(20)10-6-4-2/h1-2,7-8,11-12,15-17H,5-6,9-10H2. The summed E-state index contributed by atoms with van der Waals surface area (Å²) in [7, 11) is 0. The molecule has 0 nitrogen and oxygen atoms in total. The van der Waals surface area contributed by atoms with Crippen LogP contribution in [0.4, 0.5) is 4.39 Å². The summed E-state index contributed by atoms with van der Waals surface area (Å²) in [5, 5.41) is 0. The van der Waals surface area contributed by atoms with E-state index in [1.165, 1.54) is 12.1 Å². The summed E-state index contributed by atoms with van der Waals surface area (Å²) in [6.45, 7) is 0. The summed E-state index contributed by atoms with van der Waals surface area (Å²) in [6, 6.07) is 12.6. The van der Waals surface area contributed by atoms with Gasteiger partial charge in [-0.25, -0.2) is 4.39 Å². The smallest absolute Gasteiger partial charge is 0.123 e. The lowest BCUT2D eigenvalue weighted by Gasteiger charge is -2.04. The highest BCUT2D eigenvalue weighted by Gasteiger charge is 2.02. The molecule has 0 radical (unpaired) electrons. The molecule has 0 spiro atoms. The number of terminal acetylenes is 2. The van der Waals surface area contributed by atoms with Gasteiger partial charge < -0.3 is 0 Å². The summed E-state index contributed by atoms with van der Waals surface area (Å²) in [5.74, 6) is 11.3. The van der Waals surface area contributed by atoms with Crippen LogP contribution >= 0.6 is 0 Å². The van der Waals surface area contributed by atoms with Gasteiger partial charge >= 0.3 is 0 Å². The maximum Gasteiger partial charge on any atom is 0.123 e. The van der Waals surface area contributed by atoms with Crippen LogP contribution in [0.3, 0.4) is 0 Å². The van der Waals surface area contributed by atoms with Gasteiger partial charge in [-0.05, 0) is 48.2 Å². The van der Waals surface area contributed by atoms with E-state index < -0.39 is 0 Å². The molecule has 2 rings (SSSR count). The number of aryl methyl sites for hydroxylation is 2. The van der Waals surface area contributed by atoms with E-state index in [9.17, 15) is 4.39 Å². The van der Waals surface area contributed by atoms with Crippen LogP contribution in [-0.2, 0) is 12.8 Å². The van der Waals surface area contributed by atoms with E-state index in [-0.39, 0.29) is 5.82 Å². The van der Waals surface area contributed by atoms with Gasteiger partial charge in [0.15, 0.2) is 0 Å². The Bertz CT molecular complexity index is 820. The van der Waals surface area contributed by atoms with Gasteiger partial charge in [0.05, 0.1) is 0 Å². The summed E-state index contributed by atoms with van der Waals surface area (Å²) < 4.78 is 13.4. The number of benzene rings is 2. The largest absolute Gasteiger partial charge is 0.207 e. The highest BCUT2D eigenvalue weighted by Crippen LogP contribution is 2.14. The maximum atomic E-state index is 13.4. The zero-order chi connectivity index (χ0) is 16.5. The first-order valence-electron chi connectivity index (χ1n) is 7.50. The fraction of sp³-hybridized carbons (Fsp3) is 0.182. The highest BCUT2D eigenvalue weighted by molar-refractivity contribution is 5.49. The zero-order valence-electron chi connectivity index (χ0n) is 12.9. The fourth-order valence-electron chi connectivity index (χ4n) is 2.30. The second-order valence-electron chi connectivity index (χ2n) is 5.12. The van der Waals surface area contributed by atoms with Crippen LogP contribution in [0.5, 0.6) is 0 Å². The van der Waals surface area contributed by atoms with Crippen molar-refractivity contribution in [1.29, 1.82) is 0 Å². The minimum Gasteiger partial charge on any atom is -0.207 e. The minimum absolute atomic E-state index is 0.267. The van der Waals surface area contributed by atoms with Crippen LogP contribution in [-0.4, -0.2) is 0 Å². The van der Waals surface area contributed by atoms with Gasteiger partial charge in [-0.3, -0.25) is 0 Å². The van der Waals surface area contributed by atoms with Crippen LogP contribution < -0.4 is 0 Å². The molecule has 0 fully saturated rings. The van der Waals surface area contributed by atoms with E-state index in [1.54, 1.807) is 6.07 Å². The van der Waals surface area contributed by atoms with Crippen molar-refractivity contribution in [2.24, 2.45) is 0 Å². The molecule has 0 saturated carbocycles. The van der Waals surface area contributed by atoms with Gasteiger partial charge in [-0.15, -0.1) is 24.7 Å². The van der Waals surface area contributed by atoms with E-state index >= 15 is 0 Å². The molecule has 2 aromatic rings. The van der Waals surface area contributed by atoms with Crippen LogP contribution in [0.2, 0.25) is 0 Å². The molecular weight excluding hydrogens is 283 g/mol. The van der Waals surface area contributed by atoms with Crippen molar-refractivity contribution in [1.82, 2.24) is 0 Å².